The zero-order valence-electron chi connectivity index (χ0n) is 13.7. The van der Waals surface area contributed by atoms with Crippen molar-refractivity contribution in [3.05, 3.63) is 45.3 Å². The molecule has 0 atom stereocenters. The van der Waals surface area contributed by atoms with Gasteiger partial charge in [0.2, 0.25) is 0 Å². The van der Waals surface area contributed by atoms with Gasteiger partial charge in [-0.15, -0.1) is 0 Å². The molecule has 0 aliphatic carbocycles. The average molecular weight is 335 g/mol. The summed E-state index contributed by atoms with van der Waals surface area (Å²) in [6, 6.07) is 7.45. The third-order valence-corrected chi connectivity index (χ3v) is 4.72. The van der Waals surface area contributed by atoms with Crippen LogP contribution in [0.15, 0.2) is 29.1 Å². The largest absolute Gasteiger partial charge is 0.304 e. The maximum absolute atomic E-state index is 12.7. The Labute approximate surface area is 141 Å². The summed E-state index contributed by atoms with van der Waals surface area (Å²) >= 11 is 6.05. The molecular weight excluding hydrogens is 312 g/mol. The first kappa shape index (κ1) is 16.3. The van der Waals surface area contributed by atoms with Crippen LogP contribution in [0.25, 0.3) is 11.1 Å². The van der Waals surface area contributed by atoms with E-state index in [1.54, 1.807) is 4.68 Å². The molecule has 0 unspecified atom stereocenters. The molecule has 124 valence electrons. The van der Waals surface area contributed by atoms with Crippen LogP contribution in [0.4, 0.5) is 0 Å². The monoisotopic (exact) mass is 334 g/mol. The second kappa shape index (κ2) is 6.91. The van der Waals surface area contributed by atoms with E-state index in [-0.39, 0.29) is 5.56 Å². The molecule has 2 heterocycles. The summed E-state index contributed by atoms with van der Waals surface area (Å²) in [5, 5.41) is 3.85. The molecule has 2 aromatic rings. The smallest absolute Gasteiger partial charge is 0.274 e. The summed E-state index contributed by atoms with van der Waals surface area (Å²) in [5.41, 5.74) is 2.50. The normalized spacial score (nSPS) is 16.8. The Morgan fingerprint density at radius 2 is 1.91 bits per heavy atom. The fourth-order valence-corrected chi connectivity index (χ4v) is 3.25. The van der Waals surface area contributed by atoms with E-state index in [1.807, 2.05) is 31.2 Å². The maximum atomic E-state index is 12.7. The lowest BCUT2D eigenvalue weighted by Gasteiger charge is -2.32. The number of halogens is 1. The van der Waals surface area contributed by atoms with Crippen LogP contribution in [0.5, 0.6) is 0 Å². The molecule has 6 heteroatoms. The van der Waals surface area contributed by atoms with Crippen molar-refractivity contribution in [2.24, 2.45) is 0 Å². The minimum atomic E-state index is 0.0268. The van der Waals surface area contributed by atoms with Crippen LogP contribution in [0.3, 0.4) is 0 Å². The van der Waals surface area contributed by atoms with Crippen molar-refractivity contribution in [3.8, 4) is 11.1 Å². The van der Waals surface area contributed by atoms with Crippen molar-refractivity contribution >= 4 is 11.6 Å². The van der Waals surface area contributed by atoms with Gasteiger partial charge in [0.05, 0.1) is 12.1 Å². The van der Waals surface area contributed by atoms with E-state index in [0.29, 0.717) is 17.1 Å². The lowest BCUT2D eigenvalue weighted by Crippen LogP contribution is -2.45. The molecule has 1 N–H and O–H groups in total. The molecule has 1 aliphatic rings. The van der Waals surface area contributed by atoms with E-state index in [0.717, 1.165) is 44.0 Å². The first-order valence-corrected chi connectivity index (χ1v) is 8.38. The molecule has 1 aromatic heterocycles. The Hall–Kier alpha value is -1.56. The average Bonchev–Trinajstić information content (AvgIpc) is 2.81. The Morgan fingerprint density at radius 3 is 2.61 bits per heavy atom. The Kier molecular flexibility index (Phi) is 4.90. The number of benzene rings is 1. The summed E-state index contributed by atoms with van der Waals surface area (Å²) in [4.78, 5) is 17.4. The van der Waals surface area contributed by atoms with E-state index in [4.69, 9.17) is 11.6 Å². The molecule has 1 saturated heterocycles. The van der Waals surface area contributed by atoms with Gasteiger partial charge in [-0.05, 0) is 31.7 Å². The van der Waals surface area contributed by atoms with Crippen LogP contribution in [0, 0.1) is 6.92 Å². The molecule has 0 bridgehead atoms. The van der Waals surface area contributed by atoms with E-state index < -0.39 is 0 Å². The second-order valence-electron chi connectivity index (χ2n) is 6.22. The third-order valence-electron chi connectivity index (χ3n) is 4.49. The Balaban J connectivity index is 1.75. The number of aromatic nitrogens is 2. The number of H-pyrrole nitrogens is 1. The highest BCUT2D eigenvalue weighted by molar-refractivity contribution is 6.30. The Morgan fingerprint density at radius 1 is 1.17 bits per heavy atom. The van der Waals surface area contributed by atoms with Crippen LogP contribution < -0.4 is 5.56 Å². The summed E-state index contributed by atoms with van der Waals surface area (Å²) in [7, 11) is 2.15. The number of piperazine rings is 1. The van der Waals surface area contributed by atoms with E-state index in [1.165, 1.54) is 0 Å². The summed E-state index contributed by atoms with van der Waals surface area (Å²) in [6.07, 6.45) is 0. The minimum Gasteiger partial charge on any atom is -0.304 e. The van der Waals surface area contributed by atoms with Gasteiger partial charge in [-0.25, -0.2) is 0 Å². The zero-order chi connectivity index (χ0) is 16.4. The number of likely N-dealkylation sites (N-methyl/N-ethyl adjacent to an activating group) is 1. The van der Waals surface area contributed by atoms with E-state index in [2.05, 4.69) is 21.9 Å². The molecule has 1 fully saturated rings. The first-order valence-electron chi connectivity index (χ1n) is 8.01. The van der Waals surface area contributed by atoms with Crippen molar-refractivity contribution in [3.63, 3.8) is 0 Å². The number of hydrogen-bond acceptors (Lipinski definition) is 3. The van der Waals surface area contributed by atoms with Gasteiger partial charge in [-0.3, -0.25) is 19.5 Å². The van der Waals surface area contributed by atoms with Gasteiger partial charge >= 0.3 is 0 Å². The fraction of sp³-hybridized carbons (Fsp3) is 0.471. The van der Waals surface area contributed by atoms with Gasteiger partial charge in [-0.1, -0.05) is 23.7 Å². The quantitative estimate of drug-likeness (QED) is 0.930. The standard InChI is InChI=1S/C17H23ClN4O/c1-13-16(14-4-3-5-15(18)12-14)17(23)22(19-13)11-10-21-8-6-20(2)7-9-21/h3-5,12,19H,6-11H2,1-2H3. The lowest BCUT2D eigenvalue weighted by molar-refractivity contribution is 0.148. The summed E-state index contributed by atoms with van der Waals surface area (Å²) < 4.78 is 1.71. The number of nitrogens with zero attached hydrogens (tertiary/aromatic N) is 3. The topological polar surface area (TPSA) is 44.3 Å². The van der Waals surface area contributed by atoms with Crippen LogP contribution in [0.1, 0.15) is 5.69 Å². The molecule has 0 amide bonds. The third kappa shape index (κ3) is 3.68. The summed E-state index contributed by atoms with van der Waals surface area (Å²) in [6.45, 7) is 7.81. The predicted octanol–water partition coefficient (Wildman–Crippen LogP) is 2.05. The van der Waals surface area contributed by atoms with Crippen molar-refractivity contribution in [2.75, 3.05) is 39.8 Å². The lowest BCUT2D eigenvalue weighted by atomic mass is 10.1. The van der Waals surface area contributed by atoms with Gasteiger partial charge in [0.25, 0.3) is 5.56 Å². The van der Waals surface area contributed by atoms with Crippen LogP contribution >= 0.6 is 11.6 Å². The van der Waals surface area contributed by atoms with Gasteiger partial charge in [-0.2, -0.15) is 0 Å². The van der Waals surface area contributed by atoms with Crippen LogP contribution in [-0.4, -0.2) is 59.4 Å². The van der Waals surface area contributed by atoms with Gasteiger partial charge in [0, 0.05) is 43.4 Å². The van der Waals surface area contributed by atoms with Gasteiger partial charge in [0.1, 0.15) is 0 Å². The van der Waals surface area contributed by atoms with Gasteiger partial charge < -0.3 is 4.90 Å². The van der Waals surface area contributed by atoms with Gasteiger partial charge in [0.15, 0.2) is 0 Å². The van der Waals surface area contributed by atoms with Crippen LogP contribution in [-0.2, 0) is 6.54 Å². The number of hydrogen-bond donors (Lipinski definition) is 1. The summed E-state index contributed by atoms with van der Waals surface area (Å²) in [5.74, 6) is 0. The highest BCUT2D eigenvalue weighted by Gasteiger charge is 2.16. The molecule has 0 radical (unpaired) electrons. The number of aryl methyl sites for hydroxylation is 1. The first-order chi connectivity index (χ1) is 11.0. The van der Waals surface area contributed by atoms with Crippen molar-refractivity contribution in [2.45, 2.75) is 13.5 Å². The number of nitrogens with one attached hydrogen (secondary N) is 1. The molecular formula is C17H23ClN4O. The van der Waals surface area contributed by atoms with Crippen molar-refractivity contribution < 1.29 is 0 Å². The number of rotatable bonds is 4. The molecule has 0 spiro atoms. The second-order valence-corrected chi connectivity index (χ2v) is 6.66. The van der Waals surface area contributed by atoms with Crippen LogP contribution in [0.2, 0.25) is 5.02 Å². The molecule has 1 aliphatic heterocycles. The zero-order valence-corrected chi connectivity index (χ0v) is 14.4. The van der Waals surface area contributed by atoms with E-state index in [9.17, 15) is 4.79 Å². The number of aromatic amines is 1. The SMILES string of the molecule is Cc1[nH]n(CCN2CCN(C)CC2)c(=O)c1-c1cccc(Cl)c1. The highest BCUT2D eigenvalue weighted by Crippen LogP contribution is 2.22. The molecule has 5 nitrogen and oxygen atoms in total. The van der Waals surface area contributed by atoms with Crippen molar-refractivity contribution in [1.82, 2.24) is 19.6 Å². The molecule has 0 saturated carbocycles. The highest BCUT2D eigenvalue weighted by atomic mass is 35.5. The molecule has 1 aromatic carbocycles. The minimum absolute atomic E-state index is 0.0268. The van der Waals surface area contributed by atoms with E-state index >= 15 is 0 Å². The Bertz CT molecular complexity index is 728. The fourth-order valence-electron chi connectivity index (χ4n) is 3.06. The molecule has 23 heavy (non-hydrogen) atoms. The molecule has 3 rings (SSSR count). The predicted molar refractivity (Wildman–Crippen MR) is 94.2 cm³/mol. The maximum Gasteiger partial charge on any atom is 0.274 e. The van der Waals surface area contributed by atoms with Crippen molar-refractivity contribution in [1.29, 1.82) is 0 Å².